The summed E-state index contributed by atoms with van der Waals surface area (Å²) in [5.41, 5.74) is 0. The van der Waals surface area contributed by atoms with E-state index in [4.69, 9.17) is 4.55 Å². The maximum Gasteiger partial charge on any atom is 0.163 e. The van der Waals surface area contributed by atoms with Gasteiger partial charge in [-0.1, -0.05) is 0 Å². The van der Waals surface area contributed by atoms with Crippen LogP contribution in [0.1, 0.15) is 19.8 Å². The predicted molar refractivity (Wildman–Crippen MR) is 38.0 cm³/mol. The van der Waals surface area contributed by atoms with Crippen LogP contribution in [-0.2, 0) is 15.9 Å². The molecule has 0 aromatic rings. The third kappa shape index (κ3) is 1.64. The number of carbonyl (C=O) groups is 1. The van der Waals surface area contributed by atoms with E-state index < -0.39 is 16.3 Å². The number of rotatable bonds is 3. The van der Waals surface area contributed by atoms with Gasteiger partial charge in [0.05, 0.1) is 0 Å². The quantitative estimate of drug-likeness (QED) is 0.617. The molecule has 4 heteroatoms. The molecule has 0 radical (unpaired) electrons. The number of ketones is 1. The fraction of sp³-hybridized carbons (Fsp3) is 0.833. The van der Waals surface area contributed by atoms with Crippen LogP contribution in [0.4, 0.5) is 0 Å². The van der Waals surface area contributed by atoms with Crippen molar-refractivity contribution in [1.82, 2.24) is 0 Å². The SMILES string of the molecule is CC(=O)C(C1CC1)S(=O)O. The van der Waals surface area contributed by atoms with Crippen LogP contribution in [-0.4, -0.2) is 19.8 Å². The van der Waals surface area contributed by atoms with Gasteiger partial charge < -0.3 is 4.55 Å². The highest BCUT2D eigenvalue weighted by Crippen LogP contribution is 2.35. The van der Waals surface area contributed by atoms with Gasteiger partial charge in [-0.3, -0.25) is 4.79 Å². The van der Waals surface area contributed by atoms with E-state index in [0.29, 0.717) is 0 Å². The molecule has 1 aliphatic rings. The lowest BCUT2D eigenvalue weighted by Gasteiger charge is -2.05. The zero-order chi connectivity index (χ0) is 7.72. The molecule has 0 amide bonds. The molecular formula is C6H10O3S. The summed E-state index contributed by atoms with van der Waals surface area (Å²) in [6.45, 7) is 1.37. The van der Waals surface area contributed by atoms with E-state index in [0.717, 1.165) is 12.8 Å². The minimum Gasteiger partial charge on any atom is -0.306 e. The predicted octanol–water partition coefficient (Wildman–Crippen LogP) is 0.576. The molecule has 0 bridgehead atoms. The van der Waals surface area contributed by atoms with Gasteiger partial charge in [0.1, 0.15) is 11.0 Å². The second kappa shape index (κ2) is 2.80. The summed E-state index contributed by atoms with van der Waals surface area (Å²) in [5.74, 6) is 0.0201. The fourth-order valence-electron chi connectivity index (χ4n) is 1.04. The molecule has 1 N–H and O–H groups in total. The first-order valence-electron chi connectivity index (χ1n) is 3.23. The van der Waals surface area contributed by atoms with Crippen molar-refractivity contribution in [3.05, 3.63) is 0 Å². The molecule has 0 heterocycles. The number of carbonyl (C=O) groups excluding carboxylic acids is 1. The summed E-state index contributed by atoms with van der Waals surface area (Å²) in [4.78, 5) is 10.7. The van der Waals surface area contributed by atoms with Crippen LogP contribution < -0.4 is 0 Å². The summed E-state index contributed by atoms with van der Waals surface area (Å²) >= 11 is -1.95. The Bertz CT molecular complexity index is 160. The van der Waals surface area contributed by atoms with E-state index >= 15 is 0 Å². The van der Waals surface area contributed by atoms with Crippen molar-refractivity contribution in [2.45, 2.75) is 25.0 Å². The van der Waals surface area contributed by atoms with Crippen molar-refractivity contribution in [1.29, 1.82) is 0 Å². The Labute approximate surface area is 62.1 Å². The van der Waals surface area contributed by atoms with Gasteiger partial charge in [0.15, 0.2) is 11.1 Å². The van der Waals surface area contributed by atoms with E-state index in [1.807, 2.05) is 0 Å². The van der Waals surface area contributed by atoms with Gasteiger partial charge in [0, 0.05) is 0 Å². The Morgan fingerprint density at radius 3 is 2.30 bits per heavy atom. The average molecular weight is 162 g/mol. The van der Waals surface area contributed by atoms with Crippen LogP contribution in [0.25, 0.3) is 0 Å². The molecule has 1 rings (SSSR count). The molecule has 1 saturated carbocycles. The summed E-state index contributed by atoms with van der Waals surface area (Å²) in [6.07, 6.45) is 1.85. The van der Waals surface area contributed by atoms with Crippen LogP contribution in [0.2, 0.25) is 0 Å². The third-order valence-corrected chi connectivity index (χ3v) is 2.82. The molecule has 10 heavy (non-hydrogen) atoms. The first-order chi connectivity index (χ1) is 4.63. The highest BCUT2D eigenvalue weighted by atomic mass is 32.2. The van der Waals surface area contributed by atoms with Crippen molar-refractivity contribution in [3.8, 4) is 0 Å². The Morgan fingerprint density at radius 2 is 2.20 bits per heavy atom. The van der Waals surface area contributed by atoms with Crippen molar-refractivity contribution in [2.24, 2.45) is 5.92 Å². The lowest BCUT2D eigenvalue weighted by Crippen LogP contribution is -2.25. The Kier molecular flexibility index (Phi) is 2.21. The summed E-state index contributed by atoms with van der Waals surface area (Å²) in [6, 6.07) is 0. The monoisotopic (exact) mass is 162 g/mol. The van der Waals surface area contributed by atoms with Gasteiger partial charge in [-0.15, -0.1) is 0 Å². The van der Waals surface area contributed by atoms with Crippen molar-refractivity contribution < 1.29 is 13.6 Å². The van der Waals surface area contributed by atoms with E-state index in [2.05, 4.69) is 0 Å². The van der Waals surface area contributed by atoms with Crippen LogP contribution in [0, 0.1) is 5.92 Å². The summed E-state index contributed by atoms with van der Waals surface area (Å²) in [7, 11) is 0. The maximum atomic E-state index is 10.7. The molecule has 2 atom stereocenters. The molecule has 0 spiro atoms. The number of Topliss-reactive ketones (excluding diaryl/α,β-unsaturated/α-hetero) is 1. The maximum absolute atomic E-state index is 10.7. The number of hydrogen-bond acceptors (Lipinski definition) is 2. The standard InChI is InChI=1S/C6H10O3S/c1-4(7)6(10(8)9)5-2-3-5/h5-6H,2-3H2,1H3,(H,8,9). The molecule has 0 saturated heterocycles. The summed E-state index contributed by atoms with van der Waals surface area (Å²) < 4.78 is 19.2. The average Bonchev–Trinajstić information content (AvgIpc) is 2.46. The smallest absolute Gasteiger partial charge is 0.163 e. The molecule has 2 unspecified atom stereocenters. The molecule has 0 aliphatic heterocycles. The van der Waals surface area contributed by atoms with E-state index in [1.54, 1.807) is 0 Å². The van der Waals surface area contributed by atoms with Crippen LogP contribution in [0.5, 0.6) is 0 Å². The lowest BCUT2D eigenvalue weighted by atomic mass is 10.2. The minimum absolute atomic E-state index is 0.164. The first-order valence-corrected chi connectivity index (χ1v) is 4.40. The highest BCUT2D eigenvalue weighted by Gasteiger charge is 2.38. The van der Waals surface area contributed by atoms with Crippen LogP contribution >= 0.6 is 0 Å². The normalized spacial score (nSPS) is 23.8. The van der Waals surface area contributed by atoms with E-state index in [-0.39, 0.29) is 11.7 Å². The van der Waals surface area contributed by atoms with Crippen molar-refractivity contribution in [3.63, 3.8) is 0 Å². The zero-order valence-electron chi connectivity index (χ0n) is 5.74. The highest BCUT2D eigenvalue weighted by molar-refractivity contribution is 7.80. The van der Waals surface area contributed by atoms with Gasteiger partial charge in [-0.2, -0.15) is 0 Å². The second-order valence-electron chi connectivity index (χ2n) is 2.64. The Hall–Kier alpha value is -0.220. The number of hydrogen-bond donors (Lipinski definition) is 1. The molecule has 0 aromatic carbocycles. The fourth-order valence-corrected chi connectivity index (χ4v) is 1.92. The van der Waals surface area contributed by atoms with Crippen molar-refractivity contribution in [2.75, 3.05) is 0 Å². The molecule has 58 valence electrons. The van der Waals surface area contributed by atoms with Gasteiger partial charge in [0.25, 0.3) is 0 Å². The molecular weight excluding hydrogens is 152 g/mol. The third-order valence-electron chi connectivity index (χ3n) is 1.67. The minimum atomic E-state index is -1.95. The molecule has 1 aliphatic carbocycles. The van der Waals surface area contributed by atoms with Gasteiger partial charge >= 0.3 is 0 Å². The molecule has 3 nitrogen and oxygen atoms in total. The van der Waals surface area contributed by atoms with Crippen molar-refractivity contribution >= 4 is 16.9 Å². The topological polar surface area (TPSA) is 54.4 Å². The lowest BCUT2D eigenvalue weighted by molar-refractivity contribution is -0.116. The first kappa shape index (κ1) is 7.88. The van der Waals surface area contributed by atoms with Gasteiger partial charge in [-0.25, -0.2) is 4.21 Å². The Morgan fingerprint density at radius 1 is 1.70 bits per heavy atom. The molecule has 0 aromatic heterocycles. The zero-order valence-corrected chi connectivity index (χ0v) is 6.56. The van der Waals surface area contributed by atoms with Gasteiger partial charge in [-0.05, 0) is 25.7 Å². The van der Waals surface area contributed by atoms with Gasteiger partial charge in [0.2, 0.25) is 0 Å². The summed E-state index contributed by atoms with van der Waals surface area (Å²) in [5, 5.41) is -0.611. The van der Waals surface area contributed by atoms with E-state index in [1.165, 1.54) is 6.92 Å². The largest absolute Gasteiger partial charge is 0.306 e. The molecule has 1 fully saturated rings. The Balaban J connectivity index is 2.58. The van der Waals surface area contributed by atoms with E-state index in [9.17, 15) is 9.00 Å². The van der Waals surface area contributed by atoms with Crippen LogP contribution in [0.15, 0.2) is 0 Å². The van der Waals surface area contributed by atoms with Crippen LogP contribution in [0.3, 0.4) is 0 Å². The second-order valence-corrected chi connectivity index (χ2v) is 3.71.